The van der Waals surface area contributed by atoms with Crippen LogP contribution in [0.4, 0.5) is 5.69 Å². The van der Waals surface area contributed by atoms with Gasteiger partial charge in [0, 0.05) is 16.9 Å². The summed E-state index contributed by atoms with van der Waals surface area (Å²) in [6.45, 7) is 1.70. The molecule has 0 bridgehead atoms. The third-order valence-corrected chi connectivity index (χ3v) is 3.56. The predicted molar refractivity (Wildman–Crippen MR) is 82.0 cm³/mol. The molecular formula is C16H14N2O4. The molecule has 1 aromatic heterocycles. The van der Waals surface area contributed by atoms with Gasteiger partial charge in [-0.3, -0.25) is 4.79 Å². The van der Waals surface area contributed by atoms with Gasteiger partial charge in [0.2, 0.25) is 0 Å². The number of amides is 1. The molecule has 0 spiro atoms. The molecule has 0 atom stereocenters. The number of carboxylic acid groups (broad SMARTS) is 1. The Kier molecular flexibility index (Phi) is 3.21. The second kappa shape index (κ2) is 5.07. The molecule has 3 N–H and O–H groups in total. The molecule has 1 aromatic carbocycles. The van der Waals surface area contributed by atoms with E-state index in [0.717, 1.165) is 5.56 Å². The van der Waals surface area contributed by atoms with Crippen LogP contribution in [0.1, 0.15) is 27.3 Å². The number of aromatic amines is 1. The standard InChI is InChI=1S/C16H14N2O4/c1-8-5-9(17-14(8)16(20)21)6-12-11-7-10(22-2)3-4-13(11)18-15(12)19/h3-7,17H,1-2H3,(H,18,19)(H,20,21)/b12-6-. The van der Waals surface area contributed by atoms with Crippen molar-refractivity contribution in [2.45, 2.75) is 6.92 Å². The monoisotopic (exact) mass is 298 g/mol. The summed E-state index contributed by atoms with van der Waals surface area (Å²) in [7, 11) is 1.56. The van der Waals surface area contributed by atoms with E-state index in [1.165, 1.54) is 0 Å². The van der Waals surface area contributed by atoms with Crippen molar-refractivity contribution >= 4 is 29.2 Å². The van der Waals surface area contributed by atoms with Crippen molar-refractivity contribution in [3.05, 3.63) is 46.8 Å². The van der Waals surface area contributed by atoms with Crippen LogP contribution in [-0.2, 0) is 4.79 Å². The molecule has 1 amide bonds. The Morgan fingerprint density at radius 3 is 2.73 bits per heavy atom. The number of benzene rings is 1. The average molecular weight is 298 g/mol. The van der Waals surface area contributed by atoms with E-state index in [2.05, 4.69) is 10.3 Å². The van der Waals surface area contributed by atoms with Crippen molar-refractivity contribution in [1.82, 2.24) is 4.98 Å². The van der Waals surface area contributed by atoms with Crippen molar-refractivity contribution < 1.29 is 19.4 Å². The SMILES string of the molecule is COc1ccc2c(c1)/C(=C/c1cc(C)c(C(=O)O)[nH]1)C(=O)N2. The number of aromatic nitrogens is 1. The van der Waals surface area contributed by atoms with Crippen LogP contribution in [0, 0.1) is 6.92 Å². The molecule has 6 nitrogen and oxygen atoms in total. The average Bonchev–Trinajstić information content (AvgIpc) is 3.00. The van der Waals surface area contributed by atoms with Crippen LogP contribution in [0.2, 0.25) is 0 Å². The second-order valence-electron chi connectivity index (χ2n) is 5.01. The lowest BCUT2D eigenvalue weighted by Gasteiger charge is -2.02. The Morgan fingerprint density at radius 2 is 2.09 bits per heavy atom. The molecule has 6 heteroatoms. The van der Waals surface area contributed by atoms with Crippen LogP contribution in [0.15, 0.2) is 24.3 Å². The topological polar surface area (TPSA) is 91.4 Å². The first-order chi connectivity index (χ1) is 10.5. The van der Waals surface area contributed by atoms with Gasteiger partial charge < -0.3 is 20.1 Å². The lowest BCUT2D eigenvalue weighted by atomic mass is 10.1. The summed E-state index contributed by atoms with van der Waals surface area (Å²) >= 11 is 0. The van der Waals surface area contributed by atoms with Gasteiger partial charge in [0.25, 0.3) is 5.91 Å². The highest BCUT2D eigenvalue weighted by Gasteiger charge is 2.25. The van der Waals surface area contributed by atoms with Gasteiger partial charge >= 0.3 is 5.97 Å². The number of carbonyl (C=O) groups is 2. The van der Waals surface area contributed by atoms with Crippen molar-refractivity contribution in [3.63, 3.8) is 0 Å². The van der Waals surface area contributed by atoms with Crippen LogP contribution in [-0.4, -0.2) is 29.1 Å². The lowest BCUT2D eigenvalue weighted by Crippen LogP contribution is -2.03. The van der Waals surface area contributed by atoms with Crippen LogP contribution < -0.4 is 10.1 Å². The Labute approximate surface area is 126 Å². The first-order valence-corrected chi connectivity index (χ1v) is 6.64. The number of fused-ring (bicyclic) bond motifs is 1. The smallest absolute Gasteiger partial charge is 0.352 e. The molecule has 2 aromatic rings. The van der Waals surface area contributed by atoms with E-state index in [-0.39, 0.29) is 11.6 Å². The number of nitrogens with one attached hydrogen (secondary N) is 2. The number of hydrogen-bond donors (Lipinski definition) is 3. The highest BCUT2D eigenvalue weighted by atomic mass is 16.5. The summed E-state index contributed by atoms with van der Waals surface area (Å²) in [5.41, 5.74) is 3.20. The third kappa shape index (κ3) is 2.24. The van der Waals surface area contributed by atoms with Crippen LogP contribution in [0.5, 0.6) is 5.75 Å². The van der Waals surface area contributed by atoms with Gasteiger partial charge in [0.1, 0.15) is 11.4 Å². The first-order valence-electron chi connectivity index (χ1n) is 6.64. The zero-order valence-corrected chi connectivity index (χ0v) is 12.1. The molecule has 0 radical (unpaired) electrons. The molecular weight excluding hydrogens is 284 g/mol. The summed E-state index contributed by atoms with van der Waals surface area (Å²) in [6, 6.07) is 7.01. The second-order valence-corrected chi connectivity index (χ2v) is 5.01. The number of aryl methyl sites for hydroxylation is 1. The fourth-order valence-electron chi connectivity index (χ4n) is 2.48. The molecule has 1 aliphatic rings. The maximum absolute atomic E-state index is 12.1. The largest absolute Gasteiger partial charge is 0.497 e. The number of hydrogen-bond acceptors (Lipinski definition) is 3. The number of methoxy groups -OCH3 is 1. The fraction of sp³-hybridized carbons (Fsp3) is 0.125. The molecule has 1 aliphatic heterocycles. The number of anilines is 1. The number of rotatable bonds is 3. The van der Waals surface area contributed by atoms with Crippen molar-refractivity contribution in [3.8, 4) is 5.75 Å². The Bertz CT molecular complexity index is 818. The van der Waals surface area contributed by atoms with E-state index >= 15 is 0 Å². The van der Waals surface area contributed by atoms with Gasteiger partial charge in [0.05, 0.1) is 12.7 Å². The van der Waals surface area contributed by atoms with E-state index in [0.29, 0.717) is 28.3 Å². The van der Waals surface area contributed by atoms with E-state index < -0.39 is 5.97 Å². The summed E-state index contributed by atoms with van der Waals surface area (Å²) in [5.74, 6) is -0.609. The van der Waals surface area contributed by atoms with Crippen LogP contribution >= 0.6 is 0 Å². The van der Waals surface area contributed by atoms with Gasteiger partial charge in [-0.05, 0) is 42.8 Å². The highest BCUT2D eigenvalue weighted by molar-refractivity contribution is 6.34. The van der Waals surface area contributed by atoms with Gasteiger partial charge in [-0.15, -0.1) is 0 Å². The number of carboxylic acids is 1. The van der Waals surface area contributed by atoms with Crippen molar-refractivity contribution in [2.24, 2.45) is 0 Å². The van der Waals surface area contributed by atoms with Crippen molar-refractivity contribution in [1.29, 1.82) is 0 Å². The Morgan fingerprint density at radius 1 is 1.32 bits per heavy atom. The summed E-state index contributed by atoms with van der Waals surface area (Å²) in [4.78, 5) is 26.0. The molecule has 0 fully saturated rings. The number of aromatic carboxylic acids is 1. The predicted octanol–water partition coefficient (Wildman–Crippen LogP) is 2.52. The zero-order valence-electron chi connectivity index (χ0n) is 12.1. The quantitative estimate of drug-likeness (QED) is 0.759. The van der Waals surface area contributed by atoms with E-state index in [4.69, 9.17) is 9.84 Å². The molecule has 0 saturated carbocycles. The summed E-state index contributed by atoms with van der Waals surface area (Å²) < 4.78 is 5.18. The Hall–Kier alpha value is -3.02. The molecule has 2 heterocycles. The molecule has 3 rings (SSSR count). The highest BCUT2D eigenvalue weighted by Crippen LogP contribution is 2.35. The van der Waals surface area contributed by atoms with Crippen LogP contribution in [0.25, 0.3) is 11.6 Å². The minimum atomic E-state index is -1.03. The number of ether oxygens (including phenoxy) is 1. The molecule has 0 unspecified atom stereocenters. The molecule has 0 aliphatic carbocycles. The van der Waals surface area contributed by atoms with E-state index in [9.17, 15) is 9.59 Å². The van der Waals surface area contributed by atoms with Crippen molar-refractivity contribution in [2.75, 3.05) is 12.4 Å². The molecule has 112 valence electrons. The third-order valence-electron chi connectivity index (χ3n) is 3.56. The molecule has 22 heavy (non-hydrogen) atoms. The fourth-order valence-corrected chi connectivity index (χ4v) is 2.48. The van der Waals surface area contributed by atoms with Gasteiger partial charge in [-0.2, -0.15) is 0 Å². The zero-order chi connectivity index (χ0) is 15.9. The number of carbonyl (C=O) groups excluding carboxylic acids is 1. The summed E-state index contributed by atoms with van der Waals surface area (Å²) in [6.07, 6.45) is 1.64. The minimum Gasteiger partial charge on any atom is -0.497 e. The molecule has 0 saturated heterocycles. The van der Waals surface area contributed by atoms with E-state index in [1.807, 2.05) is 0 Å². The normalized spacial score (nSPS) is 14.8. The van der Waals surface area contributed by atoms with Gasteiger partial charge in [-0.25, -0.2) is 4.79 Å². The summed E-state index contributed by atoms with van der Waals surface area (Å²) in [5, 5.41) is 11.8. The number of H-pyrrole nitrogens is 1. The van der Waals surface area contributed by atoms with Gasteiger partial charge in [-0.1, -0.05) is 0 Å². The lowest BCUT2D eigenvalue weighted by molar-refractivity contribution is -0.110. The minimum absolute atomic E-state index is 0.121. The van der Waals surface area contributed by atoms with E-state index in [1.54, 1.807) is 44.4 Å². The van der Waals surface area contributed by atoms with Crippen LogP contribution in [0.3, 0.4) is 0 Å². The Balaban J connectivity index is 2.07. The van der Waals surface area contributed by atoms with Gasteiger partial charge in [0.15, 0.2) is 0 Å². The first kappa shape index (κ1) is 13.9. The maximum Gasteiger partial charge on any atom is 0.352 e. The maximum atomic E-state index is 12.1.